The third kappa shape index (κ3) is 6.20. The number of sulfonamides is 1. The van der Waals surface area contributed by atoms with Crippen molar-refractivity contribution in [1.29, 1.82) is 0 Å². The van der Waals surface area contributed by atoms with Crippen molar-refractivity contribution in [2.75, 3.05) is 33.4 Å². The number of carbonyl (C=O) groups excluding carboxylic acids is 1. The molecule has 2 aromatic carbocycles. The molecule has 1 saturated heterocycles. The van der Waals surface area contributed by atoms with Crippen molar-refractivity contribution in [3.8, 4) is 5.75 Å². The SMILES string of the molecule is Cc1ccccc1OCCN(C)C(=O)c1ccc(Cl)c(S(=O)(=O)NCC2CCCO2)c1. The molecule has 1 aliphatic rings. The Hall–Kier alpha value is -2.13. The summed E-state index contributed by atoms with van der Waals surface area (Å²) in [4.78, 5) is 14.2. The monoisotopic (exact) mass is 466 g/mol. The van der Waals surface area contributed by atoms with Gasteiger partial charge in [0, 0.05) is 25.8 Å². The average molecular weight is 467 g/mol. The lowest BCUT2D eigenvalue weighted by Crippen LogP contribution is -2.33. The van der Waals surface area contributed by atoms with Gasteiger partial charge in [0.15, 0.2) is 0 Å². The van der Waals surface area contributed by atoms with E-state index in [0.29, 0.717) is 19.8 Å². The van der Waals surface area contributed by atoms with E-state index in [9.17, 15) is 13.2 Å². The van der Waals surface area contributed by atoms with Crippen LogP contribution in [0.15, 0.2) is 47.4 Å². The molecule has 3 rings (SSSR count). The molecular formula is C22H27ClN2O5S. The lowest BCUT2D eigenvalue weighted by molar-refractivity contribution is 0.0773. The summed E-state index contributed by atoms with van der Waals surface area (Å²) in [6, 6.07) is 11.9. The zero-order chi connectivity index (χ0) is 22.4. The number of carbonyl (C=O) groups is 1. The van der Waals surface area contributed by atoms with Crippen molar-refractivity contribution >= 4 is 27.5 Å². The van der Waals surface area contributed by atoms with Crippen LogP contribution in [0, 0.1) is 6.92 Å². The fourth-order valence-corrected chi connectivity index (χ4v) is 4.85. The third-order valence-electron chi connectivity index (χ3n) is 5.12. The van der Waals surface area contributed by atoms with Gasteiger partial charge in [0.2, 0.25) is 10.0 Å². The maximum absolute atomic E-state index is 12.8. The largest absolute Gasteiger partial charge is 0.491 e. The molecule has 168 valence electrons. The summed E-state index contributed by atoms with van der Waals surface area (Å²) < 4.78 is 39.2. The highest BCUT2D eigenvalue weighted by molar-refractivity contribution is 7.89. The molecule has 0 saturated carbocycles. The Labute approximate surface area is 188 Å². The number of benzene rings is 2. The number of ether oxygens (including phenoxy) is 2. The number of hydrogen-bond acceptors (Lipinski definition) is 5. The van der Waals surface area contributed by atoms with E-state index in [0.717, 1.165) is 24.2 Å². The molecule has 1 aliphatic heterocycles. The molecule has 31 heavy (non-hydrogen) atoms. The molecule has 1 unspecified atom stereocenters. The van der Waals surface area contributed by atoms with Crippen LogP contribution in [0.25, 0.3) is 0 Å². The van der Waals surface area contributed by atoms with Gasteiger partial charge in [-0.05, 0) is 49.6 Å². The molecule has 0 radical (unpaired) electrons. The van der Waals surface area contributed by atoms with Crippen LogP contribution in [0.3, 0.4) is 0 Å². The van der Waals surface area contributed by atoms with Crippen LogP contribution in [0.2, 0.25) is 5.02 Å². The molecule has 0 aromatic heterocycles. The van der Waals surface area contributed by atoms with E-state index in [1.165, 1.54) is 23.1 Å². The summed E-state index contributed by atoms with van der Waals surface area (Å²) in [5, 5.41) is 0.0573. The Morgan fingerprint density at radius 1 is 1.29 bits per heavy atom. The lowest BCUT2D eigenvalue weighted by atomic mass is 10.2. The van der Waals surface area contributed by atoms with E-state index < -0.39 is 10.0 Å². The minimum Gasteiger partial charge on any atom is -0.491 e. The van der Waals surface area contributed by atoms with Gasteiger partial charge in [0.05, 0.1) is 17.7 Å². The van der Waals surface area contributed by atoms with E-state index >= 15 is 0 Å². The molecule has 0 bridgehead atoms. The van der Waals surface area contributed by atoms with Crippen molar-refractivity contribution in [3.63, 3.8) is 0 Å². The molecule has 0 aliphatic carbocycles. The standard InChI is InChI=1S/C22H27ClN2O5S/c1-16-6-3-4-8-20(16)30-13-11-25(2)22(26)17-9-10-19(23)21(14-17)31(27,28)24-15-18-7-5-12-29-18/h3-4,6,8-10,14,18,24H,5,7,11-13,15H2,1-2H3. The molecule has 9 heteroatoms. The molecule has 1 atom stereocenters. The summed E-state index contributed by atoms with van der Waals surface area (Å²) in [7, 11) is -2.23. The number of amides is 1. The smallest absolute Gasteiger partial charge is 0.253 e. The van der Waals surface area contributed by atoms with E-state index in [4.69, 9.17) is 21.1 Å². The first-order valence-corrected chi connectivity index (χ1v) is 12.0. The van der Waals surface area contributed by atoms with Gasteiger partial charge in [-0.25, -0.2) is 13.1 Å². The number of aryl methyl sites for hydroxylation is 1. The highest BCUT2D eigenvalue weighted by atomic mass is 35.5. The highest BCUT2D eigenvalue weighted by Crippen LogP contribution is 2.24. The van der Waals surface area contributed by atoms with Crippen LogP contribution in [-0.2, 0) is 14.8 Å². The Balaban J connectivity index is 1.63. The molecule has 1 fully saturated rings. The Morgan fingerprint density at radius 2 is 2.06 bits per heavy atom. The van der Waals surface area contributed by atoms with Crippen molar-refractivity contribution < 1.29 is 22.7 Å². The Morgan fingerprint density at radius 3 is 2.77 bits per heavy atom. The van der Waals surface area contributed by atoms with Gasteiger partial charge in [-0.3, -0.25) is 4.79 Å². The van der Waals surface area contributed by atoms with Crippen molar-refractivity contribution in [1.82, 2.24) is 9.62 Å². The second-order valence-corrected chi connectivity index (χ2v) is 9.62. The second kappa shape index (κ2) is 10.5. The predicted octanol–water partition coefficient (Wildman–Crippen LogP) is 3.26. The molecule has 0 spiro atoms. The molecule has 1 N–H and O–H groups in total. The van der Waals surface area contributed by atoms with Crippen molar-refractivity contribution in [2.45, 2.75) is 30.8 Å². The van der Waals surface area contributed by atoms with Gasteiger partial charge in [-0.2, -0.15) is 0 Å². The van der Waals surface area contributed by atoms with Crippen molar-refractivity contribution in [2.24, 2.45) is 0 Å². The quantitative estimate of drug-likeness (QED) is 0.613. The van der Waals surface area contributed by atoms with Gasteiger partial charge < -0.3 is 14.4 Å². The number of para-hydroxylation sites is 1. The van der Waals surface area contributed by atoms with Gasteiger partial charge in [0.1, 0.15) is 17.3 Å². The summed E-state index contributed by atoms with van der Waals surface area (Å²) >= 11 is 6.13. The van der Waals surface area contributed by atoms with E-state index in [-0.39, 0.29) is 34.0 Å². The number of rotatable bonds is 9. The maximum Gasteiger partial charge on any atom is 0.253 e. The fraction of sp³-hybridized carbons (Fsp3) is 0.409. The fourth-order valence-electron chi connectivity index (χ4n) is 3.26. The molecule has 1 amide bonds. The first-order chi connectivity index (χ1) is 14.8. The second-order valence-electron chi connectivity index (χ2n) is 7.47. The van der Waals surface area contributed by atoms with Gasteiger partial charge in [0.25, 0.3) is 5.91 Å². The van der Waals surface area contributed by atoms with Gasteiger partial charge >= 0.3 is 0 Å². The van der Waals surface area contributed by atoms with Gasteiger partial charge in [-0.15, -0.1) is 0 Å². The van der Waals surface area contributed by atoms with E-state index in [2.05, 4.69) is 4.72 Å². The third-order valence-corrected chi connectivity index (χ3v) is 7.02. The van der Waals surface area contributed by atoms with Crippen LogP contribution >= 0.6 is 11.6 Å². The molecule has 7 nitrogen and oxygen atoms in total. The first-order valence-electron chi connectivity index (χ1n) is 10.1. The minimum absolute atomic E-state index is 0.0573. The first kappa shape index (κ1) is 23.5. The Bertz CT molecular complexity index is 1020. The van der Waals surface area contributed by atoms with Crippen LogP contribution in [0.1, 0.15) is 28.8 Å². The summed E-state index contributed by atoms with van der Waals surface area (Å²) in [6.07, 6.45) is 1.58. The zero-order valence-corrected chi connectivity index (χ0v) is 19.2. The Kier molecular flexibility index (Phi) is 7.94. The van der Waals surface area contributed by atoms with Crippen LogP contribution in [0.5, 0.6) is 5.75 Å². The predicted molar refractivity (Wildman–Crippen MR) is 119 cm³/mol. The number of nitrogens with zero attached hydrogens (tertiary/aromatic N) is 1. The van der Waals surface area contributed by atoms with Crippen LogP contribution in [0.4, 0.5) is 0 Å². The number of likely N-dealkylation sites (N-methyl/N-ethyl adjacent to an activating group) is 1. The molecular weight excluding hydrogens is 440 g/mol. The number of halogens is 1. The number of nitrogens with one attached hydrogen (secondary N) is 1. The summed E-state index contributed by atoms with van der Waals surface area (Å²) in [5.41, 5.74) is 1.25. The minimum atomic E-state index is -3.88. The van der Waals surface area contributed by atoms with Crippen LogP contribution in [-0.4, -0.2) is 58.7 Å². The highest BCUT2D eigenvalue weighted by Gasteiger charge is 2.24. The summed E-state index contributed by atoms with van der Waals surface area (Å²) in [6.45, 7) is 3.42. The van der Waals surface area contributed by atoms with E-state index in [1.54, 1.807) is 7.05 Å². The molecule has 1 heterocycles. The van der Waals surface area contributed by atoms with E-state index in [1.807, 2.05) is 31.2 Å². The number of hydrogen-bond donors (Lipinski definition) is 1. The summed E-state index contributed by atoms with van der Waals surface area (Å²) in [5.74, 6) is 0.446. The zero-order valence-electron chi connectivity index (χ0n) is 17.6. The normalized spacial score (nSPS) is 16.3. The van der Waals surface area contributed by atoms with Crippen LogP contribution < -0.4 is 9.46 Å². The van der Waals surface area contributed by atoms with Crippen molar-refractivity contribution in [3.05, 3.63) is 58.6 Å². The topological polar surface area (TPSA) is 84.9 Å². The molecule has 2 aromatic rings. The lowest BCUT2D eigenvalue weighted by Gasteiger charge is -2.19. The maximum atomic E-state index is 12.8. The van der Waals surface area contributed by atoms with Gasteiger partial charge in [-0.1, -0.05) is 29.8 Å². The average Bonchev–Trinajstić information content (AvgIpc) is 3.27.